The Morgan fingerprint density at radius 2 is 2.03 bits per heavy atom. The van der Waals surface area contributed by atoms with Gasteiger partial charge in [0.1, 0.15) is 12.4 Å². The van der Waals surface area contributed by atoms with Crippen LogP contribution >= 0.6 is 11.6 Å². The van der Waals surface area contributed by atoms with E-state index in [1.54, 1.807) is 18.2 Å². The van der Waals surface area contributed by atoms with Crippen LogP contribution < -0.4 is 5.76 Å². The van der Waals surface area contributed by atoms with E-state index >= 15 is 0 Å². The van der Waals surface area contributed by atoms with Crippen LogP contribution in [0.4, 0.5) is 13.2 Å². The highest BCUT2D eigenvalue weighted by Gasteiger charge is 2.31. The van der Waals surface area contributed by atoms with Gasteiger partial charge >= 0.3 is 11.9 Å². The molecule has 0 fully saturated rings. The average Bonchev–Trinajstić information content (AvgIpc) is 3.20. The minimum Gasteiger partial charge on any atom is -0.408 e. The molecule has 0 aliphatic carbocycles. The number of halogens is 4. The van der Waals surface area contributed by atoms with E-state index in [2.05, 4.69) is 9.97 Å². The quantitative estimate of drug-likeness (QED) is 0.525. The maximum atomic E-state index is 13.0. The molecule has 0 saturated carbocycles. The number of aromatic amines is 1. The highest BCUT2D eigenvalue weighted by Crippen LogP contribution is 2.31. The third-order valence-corrected chi connectivity index (χ3v) is 4.83. The van der Waals surface area contributed by atoms with E-state index in [0.29, 0.717) is 21.9 Å². The first-order valence-corrected chi connectivity index (χ1v) is 9.08. The molecule has 0 aliphatic rings. The van der Waals surface area contributed by atoms with Crippen LogP contribution in [0.5, 0.6) is 0 Å². The monoisotopic (exact) mass is 438 g/mol. The molecule has 0 atom stereocenters. The summed E-state index contributed by atoms with van der Waals surface area (Å²) >= 11 is 5.94. The number of hydrogen-bond acceptors (Lipinski definition) is 4. The number of alkyl halides is 3. The van der Waals surface area contributed by atoms with Crippen LogP contribution in [0.1, 0.15) is 11.4 Å². The van der Waals surface area contributed by atoms with Crippen molar-refractivity contribution in [3.8, 4) is 0 Å². The van der Waals surface area contributed by atoms with Crippen LogP contribution in [0, 0.1) is 0 Å². The van der Waals surface area contributed by atoms with Crippen LogP contribution in [-0.2, 0) is 24.1 Å². The Morgan fingerprint density at radius 3 is 2.77 bits per heavy atom. The molecule has 4 rings (SSSR count). The standard InChI is InChI=1S/C19H14ClF3N4O3/c1-26(8-16-24-12-4-3-11(20)7-13(12)25-16)17(28)9-27-14-6-10(19(21,22)23)2-5-15(14)30-18(27)29/h2-7H,8-9H2,1H3,(H,24,25). The first-order chi connectivity index (χ1) is 14.1. The summed E-state index contributed by atoms with van der Waals surface area (Å²) in [6.07, 6.45) is -4.59. The molecule has 0 saturated heterocycles. The molecular formula is C19H14ClF3N4O3. The highest BCUT2D eigenvalue weighted by molar-refractivity contribution is 6.31. The van der Waals surface area contributed by atoms with Gasteiger partial charge in [-0.3, -0.25) is 9.36 Å². The predicted octanol–water partition coefficient (Wildman–Crippen LogP) is 3.80. The van der Waals surface area contributed by atoms with Crippen LogP contribution in [0.3, 0.4) is 0 Å². The molecule has 0 aliphatic heterocycles. The van der Waals surface area contributed by atoms with Gasteiger partial charge in [0.2, 0.25) is 5.91 Å². The average molecular weight is 439 g/mol. The van der Waals surface area contributed by atoms with Crippen LogP contribution in [0.2, 0.25) is 5.02 Å². The van der Waals surface area contributed by atoms with Crippen molar-refractivity contribution < 1.29 is 22.4 Å². The van der Waals surface area contributed by atoms with Crippen molar-refractivity contribution in [3.63, 3.8) is 0 Å². The molecule has 2 heterocycles. The summed E-state index contributed by atoms with van der Waals surface area (Å²) in [5.74, 6) is -0.924. The van der Waals surface area contributed by atoms with E-state index in [1.165, 1.54) is 11.9 Å². The number of nitrogens with zero attached hydrogens (tertiary/aromatic N) is 3. The summed E-state index contributed by atoms with van der Waals surface area (Å²) in [5, 5.41) is 0.534. The topological polar surface area (TPSA) is 84.1 Å². The smallest absolute Gasteiger partial charge is 0.408 e. The lowest BCUT2D eigenvalue weighted by Crippen LogP contribution is -2.32. The lowest BCUT2D eigenvalue weighted by molar-refractivity contribution is -0.137. The second-order valence-corrected chi connectivity index (χ2v) is 7.17. The van der Waals surface area contributed by atoms with Crippen molar-refractivity contribution in [1.29, 1.82) is 0 Å². The molecule has 2 aromatic heterocycles. The van der Waals surface area contributed by atoms with E-state index in [1.807, 2.05) is 0 Å². The lowest BCUT2D eigenvalue weighted by Gasteiger charge is -2.16. The van der Waals surface area contributed by atoms with Gasteiger partial charge in [-0.1, -0.05) is 11.6 Å². The fraction of sp³-hybridized carbons (Fsp3) is 0.211. The number of carbonyl (C=O) groups is 1. The second kappa shape index (κ2) is 7.21. The Kier molecular flexibility index (Phi) is 4.81. The Labute approximate surface area is 171 Å². The number of nitrogens with one attached hydrogen (secondary N) is 1. The first kappa shape index (κ1) is 20.0. The third-order valence-electron chi connectivity index (χ3n) is 4.59. The summed E-state index contributed by atoms with van der Waals surface area (Å²) in [5.41, 5.74) is 0.306. The molecular weight excluding hydrogens is 425 g/mol. The van der Waals surface area contributed by atoms with E-state index in [-0.39, 0.29) is 17.6 Å². The van der Waals surface area contributed by atoms with Gasteiger partial charge < -0.3 is 14.3 Å². The summed E-state index contributed by atoms with van der Waals surface area (Å²) < 4.78 is 44.8. The Morgan fingerprint density at radius 1 is 1.27 bits per heavy atom. The molecule has 156 valence electrons. The van der Waals surface area contributed by atoms with E-state index in [4.69, 9.17) is 16.0 Å². The van der Waals surface area contributed by atoms with Crippen LogP contribution in [0.25, 0.3) is 22.1 Å². The number of amides is 1. The van der Waals surface area contributed by atoms with Crippen LogP contribution in [-0.4, -0.2) is 32.4 Å². The summed E-state index contributed by atoms with van der Waals surface area (Å²) in [7, 11) is 1.50. The number of aromatic nitrogens is 3. The van der Waals surface area contributed by atoms with Crippen molar-refractivity contribution in [3.05, 3.63) is 63.4 Å². The number of fused-ring (bicyclic) bond motifs is 2. The summed E-state index contributed by atoms with van der Waals surface area (Å²) in [6, 6.07) is 7.78. The van der Waals surface area contributed by atoms with Crippen LogP contribution in [0.15, 0.2) is 45.6 Å². The SMILES string of the molecule is CN(Cc1nc2ccc(Cl)cc2[nH]1)C(=O)Cn1c(=O)oc2ccc(C(F)(F)F)cc21. The fourth-order valence-electron chi connectivity index (χ4n) is 3.07. The number of benzene rings is 2. The van der Waals surface area contributed by atoms with E-state index in [9.17, 15) is 22.8 Å². The maximum absolute atomic E-state index is 13.0. The van der Waals surface area contributed by atoms with Crippen molar-refractivity contribution in [2.75, 3.05) is 7.05 Å². The van der Waals surface area contributed by atoms with Gasteiger partial charge in [-0.05, 0) is 36.4 Å². The van der Waals surface area contributed by atoms with Crippen molar-refractivity contribution in [2.45, 2.75) is 19.3 Å². The third kappa shape index (κ3) is 3.78. The van der Waals surface area contributed by atoms with Gasteiger partial charge in [0, 0.05) is 12.1 Å². The van der Waals surface area contributed by atoms with Gasteiger partial charge in [-0.25, -0.2) is 9.78 Å². The molecule has 4 aromatic rings. The molecule has 0 bridgehead atoms. The van der Waals surface area contributed by atoms with Gasteiger partial charge in [0.05, 0.1) is 28.7 Å². The predicted molar refractivity (Wildman–Crippen MR) is 103 cm³/mol. The number of carbonyl (C=O) groups excluding carboxylic acids is 1. The molecule has 0 unspecified atom stereocenters. The Bertz CT molecular complexity index is 1320. The number of H-pyrrole nitrogens is 1. The minimum atomic E-state index is -4.59. The van der Waals surface area contributed by atoms with E-state index < -0.39 is 29.9 Å². The van der Waals surface area contributed by atoms with Gasteiger partial charge in [-0.2, -0.15) is 13.2 Å². The molecule has 7 nitrogen and oxygen atoms in total. The zero-order valence-corrected chi connectivity index (χ0v) is 16.2. The molecule has 11 heteroatoms. The lowest BCUT2D eigenvalue weighted by atomic mass is 10.2. The number of hydrogen-bond donors (Lipinski definition) is 1. The first-order valence-electron chi connectivity index (χ1n) is 8.70. The number of oxazole rings is 1. The zero-order valence-electron chi connectivity index (χ0n) is 15.5. The normalized spacial score (nSPS) is 12.0. The molecule has 2 aromatic carbocycles. The fourth-order valence-corrected chi connectivity index (χ4v) is 3.24. The minimum absolute atomic E-state index is 0.0300. The van der Waals surface area contributed by atoms with Gasteiger partial charge in [0.25, 0.3) is 0 Å². The molecule has 1 amide bonds. The van der Waals surface area contributed by atoms with Crippen molar-refractivity contribution in [1.82, 2.24) is 19.4 Å². The number of likely N-dealkylation sites (N-methyl/N-ethyl adjacent to an activating group) is 1. The van der Waals surface area contributed by atoms with Crippen molar-refractivity contribution in [2.24, 2.45) is 0 Å². The maximum Gasteiger partial charge on any atom is 0.420 e. The molecule has 1 N–H and O–H groups in total. The zero-order chi connectivity index (χ0) is 21.6. The largest absolute Gasteiger partial charge is 0.420 e. The molecule has 0 radical (unpaired) electrons. The second-order valence-electron chi connectivity index (χ2n) is 6.73. The summed E-state index contributed by atoms with van der Waals surface area (Å²) in [4.78, 5) is 33.4. The number of rotatable bonds is 4. The Balaban J connectivity index is 1.57. The van der Waals surface area contributed by atoms with Crippen molar-refractivity contribution >= 4 is 39.6 Å². The highest BCUT2D eigenvalue weighted by atomic mass is 35.5. The summed E-state index contributed by atoms with van der Waals surface area (Å²) in [6.45, 7) is -0.376. The van der Waals surface area contributed by atoms with Gasteiger partial charge in [-0.15, -0.1) is 0 Å². The van der Waals surface area contributed by atoms with E-state index in [0.717, 1.165) is 22.8 Å². The molecule has 30 heavy (non-hydrogen) atoms. The van der Waals surface area contributed by atoms with Gasteiger partial charge in [0.15, 0.2) is 5.58 Å². The Hall–Kier alpha value is -3.27. The number of imidazole rings is 1. The molecule has 0 spiro atoms.